The van der Waals surface area contributed by atoms with Gasteiger partial charge in [0.15, 0.2) is 0 Å². The first-order chi connectivity index (χ1) is 15.0. The number of benzene rings is 2. The summed E-state index contributed by atoms with van der Waals surface area (Å²) in [5.74, 6) is 0.359. The summed E-state index contributed by atoms with van der Waals surface area (Å²) in [6.45, 7) is 1.39. The second kappa shape index (κ2) is 10.9. The Kier molecular flexibility index (Phi) is 8.03. The first-order valence-corrected chi connectivity index (χ1v) is 10.5. The Morgan fingerprint density at radius 2 is 1.87 bits per heavy atom. The average Bonchev–Trinajstić information content (AvgIpc) is 2.93. The Hall–Kier alpha value is -2.90. The van der Waals surface area contributed by atoms with E-state index in [1.807, 2.05) is 78.5 Å². The maximum Gasteiger partial charge on any atom is 0.246 e. The number of fused-ring (bicyclic) bond motifs is 1. The highest BCUT2D eigenvalue weighted by molar-refractivity contribution is 5.88. The Morgan fingerprint density at radius 1 is 1.16 bits per heavy atom. The van der Waals surface area contributed by atoms with Gasteiger partial charge in [0, 0.05) is 32.2 Å². The van der Waals surface area contributed by atoms with E-state index < -0.39 is 6.04 Å². The highest BCUT2D eigenvalue weighted by Gasteiger charge is 2.34. The lowest BCUT2D eigenvalue weighted by atomic mass is 10.0. The number of nitrogens with zero attached hydrogens (tertiary/aromatic N) is 2. The molecule has 2 aromatic rings. The molecule has 0 saturated heterocycles. The molecule has 1 N–H and O–H groups in total. The zero-order valence-corrected chi connectivity index (χ0v) is 18.4. The number of carbonyl (C=O) groups is 2. The molecule has 0 saturated carbocycles. The average molecular weight is 426 g/mol. The number of ether oxygens (including phenoxy) is 2. The van der Waals surface area contributed by atoms with Crippen LogP contribution in [0.3, 0.4) is 0 Å². The van der Waals surface area contributed by atoms with Gasteiger partial charge in [-0.2, -0.15) is 0 Å². The quantitative estimate of drug-likeness (QED) is 0.697. The summed E-state index contributed by atoms with van der Waals surface area (Å²) in [5.41, 5.74) is 1.94. The van der Waals surface area contributed by atoms with E-state index in [9.17, 15) is 9.59 Å². The summed E-state index contributed by atoms with van der Waals surface area (Å²) in [5, 5.41) is 2.87. The van der Waals surface area contributed by atoms with E-state index in [1.54, 1.807) is 0 Å². The number of methoxy groups -OCH3 is 1. The van der Waals surface area contributed by atoms with Crippen LogP contribution in [0.2, 0.25) is 0 Å². The summed E-state index contributed by atoms with van der Waals surface area (Å²) in [6, 6.07) is 16.6. The fourth-order valence-electron chi connectivity index (χ4n) is 3.81. The van der Waals surface area contributed by atoms with Crippen molar-refractivity contribution in [3.05, 3.63) is 65.7 Å². The van der Waals surface area contributed by atoms with Gasteiger partial charge in [0.2, 0.25) is 11.8 Å². The number of likely N-dealkylation sites (N-methyl/N-ethyl adjacent to an activating group) is 1. The molecule has 1 heterocycles. The van der Waals surface area contributed by atoms with Crippen LogP contribution in [0.25, 0.3) is 0 Å². The first kappa shape index (κ1) is 22.8. The third-order valence-corrected chi connectivity index (χ3v) is 5.24. The first-order valence-electron chi connectivity index (χ1n) is 10.5. The Labute approximate surface area is 183 Å². The van der Waals surface area contributed by atoms with E-state index in [4.69, 9.17) is 9.47 Å². The van der Waals surface area contributed by atoms with E-state index in [0.717, 1.165) is 16.9 Å². The Morgan fingerprint density at radius 3 is 2.58 bits per heavy atom. The zero-order valence-electron chi connectivity index (χ0n) is 18.4. The number of hydrogen-bond donors (Lipinski definition) is 1. The predicted octanol–water partition coefficient (Wildman–Crippen LogP) is 1.71. The normalized spacial score (nSPS) is 16.8. The molecule has 31 heavy (non-hydrogen) atoms. The number of hydrogen-bond acceptors (Lipinski definition) is 5. The smallest absolute Gasteiger partial charge is 0.246 e. The van der Waals surface area contributed by atoms with Crippen LogP contribution in [-0.2, 0) is 27.3 Å². The van der Waals surface area contributed by atoms with Crippen molar-refractivity contribution in [3.63, 3.8) is 0 Å². The van der Waals surface area contributed by atoms with Gasteiger partial charge in [-0.1, -0.05) is 48.5 Å². The van der Waals surface area contributed by atoms with Gasteiger partial charge in [0.1, 0.15) is 25.0 Å². The number of para-hydroxylation sites is 1. The van der Waals surface area contributed by atoms with Crippen LogP contribution in [0.4, 0.5) is 0 Å². The van der Waals surface area contributed by atoms with Crippen LogP contribution in [0.15, 0.2) is 54.6 Å². The minimum Gasteiger partial charge on any atom is -0.491 e. The van der Waals surface area contributed by atoms with Crippen LogP contribution in [0.5, 0.6) is 5.75 Å². The molecular formula is C24H31N3O4. The van der Waals surface area contributed by atoms with Crippen molar-refractivity contribution in [1.29, 1.82) is 0 Å². The van der Waals surface area contributed by atoms with E-state index in [2.05, 4.69) is 5.32 Å². The van der Waals surface area contributed by atoms with Crippen LogP contribution in [-0.4, -0.2) is 74.7 Å². The highest BCUT2D eigenvalue weighted by Crippen LogP contribution is 2.26. The molecule has 7 heteroatoms. The molecule has 1 aliphatic heterocycles. The SMILES string of the molecule is COCC(=O)N[C@@H](Cc1ccccc1)C(=O)N1Cc2ccccc2OC[C@@H]1CN(C)C. The van der Waals surface area contributed by atoms with Crippen molar-refractivity contribution in [2.75, 3.05) is 41.0 Å². The molecule has 0 spiro atoms. The van der Waals surface area contributed by atoms with Crippen LogP contribution < -0.4 is 10.1 Å². The van der Waals surface area contributed by atoms with Crippen molar-refractivity contribution >= 4 is 11.8 Å². The van der Waals surface area contributed by atoms with Crippen LogP contribution in [0, 0.1) is 0 Å². The lowest BCUT2D eigenvalue weighted by Gasteiger charge is -2.34. The van der Waals surface area contributed by atoms with Gasteiger partial charge in [-0.15, -0.1) is 0 Å². The standard InChI is InChI=1S/C24H31N3O4/c1-26(2)15-20-16-31-22-12-8-7-11-19(22)14-27(20)24(29)21(25-23(28)17-30-3)13-18-9-5-4-6-10-18/h4-12,20-21H,13-17H2,1-3H3,(H,25,28)/t20-,21-/m0/s1. The van der Waals surface area contributed by atoms with Crippen molar-refractivity contribution in [3.8, 4) is 5.75 Å². The molecular weight excluding hydrogens is 394 g/mol. The summed E-state index contributed by atoms with van der Waals surface area (Å²) in [4.78, 5) is 30.0. The molecule has 2 atom stereocenters. The second-order valence-corrected chi connectivity index (χ2v) is 8.04. The van der Waals surface area contributed by atoms with Gasteiger partial charge >= 0.3 is 0 Å². The van der Waals surface area contributed by atoms with E-state index in [1.165, 1.54) is 7.11 Å². The maximum absolute atomic E-state index is 13.8. The highest BCUT2D eigenvalue weighted by atomic mass is 16.5. The molecule has 7 nitrogen and oxygen atoms in total. The summed E-state index contributed by atoms with van der Waals surface area (Å²) >= 11 is 0. The molecule has 0 aromatic heterocycles. The van der Waals surface area contributed by atoms with Crippen LogP contribution >= 0.6 is 0 Å². The van der Waals surface area contributed by atoms with E-state index in [0.29, 0.717) is 26.1 Å². The molecule has 2 amide bonds. The third-order valence-electron chi connectivity index (χ3n) is 5.24. The topological polar surface area (TPSA) is 71.1 Å². The molecule has 3 rings (SSSR count). The molecule has 0 bridgehead atoms. The minimum absolute atomic E-state index is 0.0916. The fourth-order valence-corrected chi connectivity index (χ4v) is 3.81. The third kappa shape index (κ3) is 6.29. The van der Waals surface area contributed by atoms with Crippen molar-refractivity contribution in [2.45, 2.75) is 25.0 Å². The summed E-state index contributed by atoms with van der Waals surface area (Å²) < 4.78 is 11.0. The molecule has 1 aliphatic rings. The zero-order chi connectivity index (χ0) is 22.2. The number of nitrogens with one attached hydrogen (secondary N) is 1. The molecule has 0 radical (unpaired) electrons. The number of amides is 2. The summed E-state index contributed by atoms with van der Waals surface area (Å²) in [6.07, 6.45) is 0.406. The van der Waals surface area contributed by atoms with Crippen molar-refractivity contribution in [1.82, 2.24) is 15.1 Å². The van der Waals surface area contributed by atoms with Crippen molar-refractivity contribution in [2.24, 2.45) is 0 Å². The van der Waals surface area contributed by atoms with E-state index in [-0.39, 0.29) is 24.5 Å². The van der Waals surface area contributed by atoms with Crippen molar-refractivity contribution < 1.29 is 19.1 Å². The Balaban J connectivity index is 1.89. The summed E-state index contributed by atoms with van der Waals surface area (Å²) in [7, 11) is 5.41. The van der Waals surface area contributed by atoms with Gasteiger partial charge < -0.3 is 24.6 Å². The molecule has 2 aromatic carbocycles. The van der Waals surface area contributed by atoms with Gasteiger partial charge in [-0.05, 0) is 25.7 Å². The number of rotatable bonds is 8. The van der Waals surface area contributed by atoms with Crippen LogP contribution in [0.1, 0.15) is 11.1 Å². The lowest BCUT2D eigenvalue weighted by molar-refractivity contribution is -0.140. The lowest BCUT2D eigenvalue weighted by Crippen LogP contribution is -2.55. The minimum atomic E-state index is -0.694. The van der Waals surface area contributed by atoms with Gasteiger partial charge in [0.05, 0.1) is 6.04 Å². The monoisotopic (exact) mass is 425 g/mol. The van der Waals surface area contributed by atoms with E-state index >= 15 is 0 Å². The fraction of sp³-hybridized carbons (Fsp3) is 0.417. The molecule has 0 unspecified atom stereocenters. The largest absolute Gasteiger partial charge is 0.491 e. The Bertz CT molecular complexity index is 872. The maximum atomic E-state index is 13.8. The van der Waals surface area contributed by atoms with Gasteiger partial charge in [0.25, 0.3) is 0 Å². The molecule has 166 valence electrons. The number of carbonyl (C=O) groups excluding carboxylic acids is 2. The van der Waals surface area contributed by atoms with Gasteiger partial charge in [-0.3, -0.25) is 9.59 Å². The predicted molar refractivity (Wildman–Crippen MR) is 119 cm³/mol. The van der Waals surface area contributed by atoms with Gasteiger partial charge in [-0.25, -0.2) is 0 Å². The molecule has 0 aliphatic carbocycles. The second-order valence-electron chi connectivity index (χ2n) is 8.04. The molecule has 0 fully saturated rings.